The van der Waals surface area contributed by atoms with Gasteiger partial charge in [-0.05, 0) is 37.6 Å². The van der Waals surface area contributed by atoms with Crippen LogP contribution in [0.2, 0.25) is 0 Å². The molecule has 4 nitrogen and oxygen atoms in total. The molecule has 2 rings (SSSR count). The lowest BCUT2D eigenvalue weighted by Crippen LogP contribution is -2.62. The Labute approximate surface area is 114 Å². The number of nitrogens with zero attached hydrogens (tertiary/aromatic N) is 1. The van der Waals surface area contributed by atoms with Crippen molar-refractivity contribution in [2.24, 2.45) is 0 Å². The van der Waals surface area contributed by atoms with Crippen LogP contribution in [0.5, 0.6) is 0 Å². The molecule has 5 heteroatoms. The van der Waals surface area contributed by atoms with E-state index in [0.29, 0.717) is 6.42 Å². The molecule has 1 fully saturated rings. The fraction of sp³-hybridized carbons (Fsp3) is 0.385. The third kappa shape index (κ3) is 2.27. The van der Waals surface area contributed by atoms with Crippen LogP contribution in [0.3, 0.4) is 0 Å². The number of amides is 2. The predicted molar refractivity (Wildman–Crippen MR) is 73.3 cm³/mol. The Morgan fingerprint density at radius 1 is 1.28 bits per heavy atom. The van der Waals surface area contributed by atoms with Crippen LogP contribution in [-0.2, 0) is 9.59 Å². The van der Waals surface area contributed by atoms with E-state index in [1.54, 1.807) is 11.8 Å². The van der Waals surface area contributed by atoms with Crippen LogP contribution in [0.15, 0.2) is 28.7 Å². The van der Waals surface area contributed by atoms with Crippen LogP contribution in [-0.4, -0.2) is 23.9 Å². The van der Waals surface area contributed by atoms with Gasteiger partial charge in [0.25, 0.3) is 0 Å². The van der Waals surface area contributed by atoms with Crippen molar-refractivity contribution in [3.8, 4) is 0 Å². The summed E-state index contributed by atoms with van der Waals surface area (Å²) in [5.74, 6) is -0.156. The largest absolute Gasteiger partial charge is 0.343 e. The fourth-order valence-corrected chi connectivity index (χ4v) is 2.39. The van der Waals surface area contributed by atoms with Gasteiger partial charge in [-0.15, -0.1) is 0 Å². The molecule has 0 aromatic heterocycles. The molecule has 2 unspecified atom stereocenters. The molecule has 2 atom stereocenters. The third-order valence-electron chi connectivity index (χ3n) is 3.07. The van der Waals surface area contributed by atoms with E-state index in [-0.39, 0.29) is 11.8 Å². The second-order valence-corrected chi connectivity index (χ2v) is 5.25. The Morgan fingerprint density at radius 2 is 1.89 bits per heavy atom. The fourth-order valence-electron chi connectivity index (χ4n) is 2.13. The molecule has 0 bridgehead atoms. The number of hydrogen-bond acceptors (Lipinski definition) is 2. The molecule has 2 amide bonds. The predicted octanol–water partition coefficient (Wildman–Crippen LogP) is 2.08. The molecule has 1 aromatic carbocycles. The van der Waals surface area contributed by atoms with Gasteiger partial charge in [-0.2, -0.15) is 0 Å². The van der Waals surface area contributed by atoms with Crippen molar-refractivity contribution in [1.29, 1.82) is 0 Å². The molecule has 0 aliphatic carbocycles. The number of benzene rings is 1. The molecule has 1 aliphatic heterocycles. The number of carbonyl (C=O) groups is 2. The van der Waals surface area contributed by atoms with E-state index in [4.69, 9.17) is 0 Å². The normalized spacial score (nSPS) is 24.1. The second kappa shape index (κ2) is 5.10. The van der Waals surface area contributed by atoms with E-state index >= 15 is 0 Å². The quantitative estimate of drug-likeness (QED) is 0.909. The van der Waals surface area contributed by atoms with Gasteiger partial charge in [0.1, 0.15) is 12.1 Å². The minimum atomic E-state index is -0.469. The smallest absolute Gasteiger partial charge is 0.250 e. The van der Waals surface area contributed by atoms with E-state index in [1.165, 1.54) is 0 Å². The van der Waals surface area contributed by atoms with E-state index < -0.39 is 12.1 Å². The highest BCUT2D eigenvalue weighted by molar-refractivity contribution is 9.10. The maximum atomic E-state index is 12.2. The molecule has 0 radical (unpaired) electrons. The molecule has 1 heterocycles. The average molecular weight is 311 g/mol. The van der Waals surface area contributed by atoms with E-state index in [2.05, 4.69) is 21.2 Å². The van der Waals surface area contributed by atoms with Crippen LogP contribution in [0.25, 0.3) is 0 Å². The number of rotatable bonds is 2. The summed E-state index contributed by atoms with van der Waals surface area (Å²) in [6, 6.07) is 6.53. The molecule has 1 saturated heterocycles. The molecular weight excluding hydrogens is 296 g/mol. The van der Waals surface area contributed by atoms with Gasteiger partial charge < -0.3 is 5.32 Å². The first-order valence-electron chi connectivity index (χ1n) is 5.93. The molecule has 1 aromatic rings. The number of carbonyl (C=O) groups excluding carboxylic acids is 2. The summed E-state index contributed by atoms with van der Waals surface area (Å²) >= 11 is 3.36. The molecular formula is C13H15BrN2O2. The maximum Gasteiger partial charge on any atom is 0.250 e. The number of hydrogen-bond donors (Lipinski definition) is 1. The standard InChI is InChI=1S/C13H15BrN2O2/c1-3-11-12(17)15-8(2)13(18)16(11)10-6-4-9(14)5-7-10/h4-8,11H,3H2,1-2H3,(H,15,17). The van der Waals surface area contributed by atoms with Crippen molar-refractivity contribution in [2.75, 3.05) is 4.90 Å². The van der Waals surface area contributed by atoms with Gasteiger partial charge in [0.15, 0.2) is 0 Å². The van der Waals surface area contributed by atoms with Crippen LogP contribution in [0.1, 0.15) is 20.3 Å². The molecule has 1 N–H and O–H groups in total. The van der Waals surface area contributed by atoms with Crippen molar-refractivity contribution in [3.63, 3.8) is 0 Å². The van der Waals surface area contributed by atoms with Crippen molar-refractivity contribution in [2.45, 2.75) is 32.4 Å². The minimum absolute atomic E-state index is 0.0660. The van der Waals surface area contributed by atoms with Crippen molar-refractivity contribution in [3.05, 3.63) is 28.7 Å². The SMILES string of the molecule is CCC1C(=O)NC(C)C(=O)N1c1ccc(Br)cc1. The van der Waals surface area contributed by atoms with Crippen LogP contribution < -0.4 is 10.2 Å². The minimum Gasteiger partial charge on any atom is -0.343 e. The topological polar surface area (TPSA) is 49.4 Å². The molecule has 0 saturated carbocycles. The number of piperazine rings is 1. The summed E-state index contributed by atoms with van der Waals surface area (Å²) in [6.45, 7) is 3.61. The molecule has 1 aliphatic rings. The summed E-state index contributed by atoms with van der Waals surface area (Å²) in [5.41, 5.74) is 0.761. The summed E-state index contributed by atoms with van der Waals surface area (Å²) in [5, 5.41) is 2.70. The molecule has 0 spiro atoms. The summed E-state index contributed by atoms with van der Waals surface area (Å²) < 4.78 is 0.946. The van der Waals surface area contributed by atoms with E-state index in [9.17, 15) is 9.59 Å². The van der Waals surface area contributed by atoms with Gasteiger partial charge in [0.2, 0.25) is 11.8 Å². The second-order valence-electron chi connectivity index (χ2n) is 4.34. The highest BCUT2D eigenvalue weighted by atomic mass is 79.9. The van der Waals surface area contributed by atoms with Gasteiger partial charge in [-0.25, -0.2) is 0 Å². The zero-order valence-corrected chi connectivity index (χ0v) is 11.9. The van der Waals surface area contributed by atoms with Crippen LogP contribution >= 0.6 is 15.9 Å². The van der Waals surface area contributed by atoms with Gasteiger partial charge in [-0.1, -0.05) is 22.9 Å². The first kappa shape index (κ1) is 13.1. The average Bonchev–Trinajstić information content (AvgIpc) is 2.35. The highest BCUT2D eigenvalue weighted by Gasteiger charge is 2.38. The Morgan fingerprint density at radius 3 is 2.44 bits per heavy atom. The zero-order chi connectivity index (χ0) is 13.3. The number of anilines is 1. The Bertz CT molecular complexity index is 472. The first-order chi connectivity index (χ1) is 8.54. The van der Waals surface area contributed by atoms with Gasteiger partial charge in [-0.3, -0.25) is 14.5 Å². The van der Waals surface area contributed by atoms with Gasteiger partial charge >= 0.3 is 0 Å². The van der Waals surface area contributed by atoms with Crippen molar-refractivity contribution >= 4 is 33.4 Å². The third-order valence-corrected chi connectivity index (χ3v) is 3.60. The van der Waals surface area contributed by atoms with E-state index in [1.807, 2.05) is 31.2 Å². The van der Waals surface area contributed by atoms with Crippen LogP contribution in [0.4, 0.5) is 5.69 Å². The highest BCUT2D eigenvalue weighted by Crippen LogP contribution is 2.24. The number of halogens is 1. The Kier molecular flexibility index (Phi) is 3.71. The Balaban J connectivity index is 2.39. The van der Waals surface area contributed by atoms with Gasteiger partial charge in [0.05, 0.1) is 0 Å². The zero-order valence-electron chi connectivity index (χ0n) is 10.3. The lowest BCUT2D eigenvalue weighted by molar-refractivity contribution is -0.133. The van der Waals surface area contributed by atoms with Gasteiger partial charge in [0, 0.05) is 10.2 Å². The summed E-state index contributed by atoms with van der Waals surface area (Å²) in [6.07, 6.45) is 0.598. The van der Waals surface area contributed by atoms with Crippen molar-refractivity contribution < 1.29 is 9.59 Å². The Hall–Kier alpha value is -1.36. The maximum absolute atomic E-state index is 12.2. The first-order valence-corrected chi connectivity index (χ1v) is 6.73. The van der Waals surface area contributed by atoms with Crippen LogP contribution in [0, 0.1) is 0 Å². The summed E-state index contributed by atoms with van der Waals surface area (Å²) in [7, 11) is 0. The molecule has 18 heavy (non-hydrogen) atoms. The monoisotopic (exact) mass is 310 g/mol. The van der Waals surface area contributed by atoms with E-state index in [0.717, 1.165) is 10.2 Å². The molecule has 96 valence electrons. The summed E-state index contributed by atoms with van der Waals surface area (Å²) in [4.78, 5) is 25.7. The lowest BCUT2D eigenvalue weighted by Gasteiger charge is -2.37. The lowest BCUT2D eigenvalue weighted by atomic mass is 10.0. The van der Waals surface area contributed by atoms with Crippen molar-refractivity contribution in [1.82, 2.24) is 5.32 Å². The number of nitrogens with one attached hydrogen (secondary N) is 1.